The molecule has 3 aromatic carbocycles. The van der Waals surface area contributed by atoms with E-state index in [9.17, 15) is 27.2 Å². The van der Waals surface area contributed by atoms with E-state index in [1.807, 2.05) is 33.4 Å². The van der Waals surface area contributed by atoms with E-state index in [2.05, 4.69) is 20.5 Å². The number of carbonyl (C=O) groups excluding carboxylic acids is 1. The average molecular weight is 707 g/mol. The number of rotatable bonds is 11. The third-order valence-corrected chi connectivity index (χ3v) is 9.62. The van der Waals surface area contributed by atoms with Crippen LogP contribution in [0.3, 0.4) is 0 Å². The highest BCUT2D eigenvalue weighted by Crippen LogP contribution is 2.32. The van der Waals surface area contributed by atoms with Crippen molar-refractivity contribution >= 4 is 23.7 Å². The molecule has 260 valence electrons. The number of carbonyl (C=O) groups is 1. The zero-order chi connectivity index (χ0) is 35.6. The molecule has 0 unspecified atom stereocenters. The lowest BCUT2D eigenvalue weighted by molar-refractivity contribution is -0.144. The molecule has 5 aromatic rings. The Hall–Kier alpha value is -4.98. The van der Waals surface area contributed by atoms with Crippen LogP contribution in [0.1, 0.15) is 54.0 Å². The van der Waals surface area contributed by atoms with Crippen LogP contribution < -0.4 is 10.9 Å². The predicted molar refractivity (Wildman–Crippen MR) is 181 cm³/mol. The minimum absolute atomic E-state index is 0.221. The van der Waals surface area contributed by atoms with Crippen molar-refractivity contribution < 1.29 is 27.1 Å². The van der Waals surface area contributed by atoms with Crippen molar-refractivity contribution in [2.75, 3.05) is 12.4 Å². The smallest absolute Gasteiger partial charge is 0.416 e. The average Bonchev–Trinajstić information content (AvgIpc) is 3.73. The Balaban J connectivity index is 1.34. The SMILES string of the molecule is COC(=O)C(C)(C)Nc1nnc(Cn2c(SCc3ccc(F)cc3)nc(=O)c3c2CCC3)n1Cc1ccc(-c2ccc(C(F)(F)F)cc2)cc1. The fourth-order valence-electron chi connectivity index (χ4n) is 5.86. The van der Waals surface area contributed by atoms with Gasteiger partial charge in [-0.1, -0.05) is 60.3 Å². The second-order valence-corrected chi connectivity index (χ2v) is 13.5. The van der Waals surface area contributed by atoms with Gasteiger partial charge in [0.2, 0.25) is 5.95 Å². The van der Waals surface area contributed by atoms with Crippen LogP contribution >= 0.6 is 11.8 Å². The molecule has 1 aliphatic carbocycles. The van der Waals surface area contributed by atoms with Gasteiger partial charge >= 0.3 is 12.1 Å². The Bertz CT molecular complexity index is 2060. The van der Waals surface area contributed by atoms with Crippen LogP contribution in [0, 0.1) is 5.82 Å². The lowest BCUT2D eigenvalue weighted by atomic mass is 10.0. The van der Waals surface area contributed by atoms with Gasteiger partial charge in [-0.3, -0.25) is 9.36 Å². The number of halogens is 4. The molecule has 9 nitrogen and oxygen atoms in total. The molecule has 14 heteroatoms. The zero-order valence-corrected chi connectivity index (χ0v) is 28.4. The van der Waals surface area contributed by atoms with Crippen LogP contribution in [0.25, 0.3) is 11.1 Å². The maximum Gasteiger partial charge on any atom is 0.416 e. The summed E-state index contributed by atoms with van der Waals surface area (Å²) in [4.78, 5) is 30.1. The highest BCUT2D eigenvalue weighted by Gasteiger charge is 2.32. The second-order valence-electron chi connectivity index (χ2n) is 12.5. The van der Waals surface area contributed by atoms with Crippen molar-refractivity contribution in [1.29, 1.82) is 0 Å². The van der Waals surface area contributed by atoms with E-state index in [4.69, 9.17) is 4.74 Å². The Morgan fingerprint density at radius 3 is 2.16 bits per heavy atom. The summed E-state index contributed by atoms with van der Waals surface area (Å²) in [6.07, 6.45) is -2.28. The quantitative estimate of drug-likeness (QED) is 0.0685. The summed E-state index contributed by atoms with van der Waals surface area (Å²) < 4.78 is 61.6. The summed E-state index contributed by atoms with van der Waals surface area (Å²) in [7, 11) is 1.30. The fourth-order valence-corrected chi connectivity index (χ4v) is 6.83. The van der Waals surface area contributed by atoms with Crippen molar-refractivity contribution in [3.63, 3.8) is 0 Å². The van der Waals surface area contributed by atoms with E-state index in [1.165, 1.54) is 43.1 Å². The molecule has 50 heavy (non-hydrogen) atoms. The number of ether oxygens (including phenoxy) is 1. The van der Waals surface area contributed by atoms with Gasteiger partial charge in [0.05, 0.1) is 25.8 Å². The Kier molecular flexibility index (Phi) is 9.83. The van der Waals surface area contributed by atoms with Crippen LogP contribution in [0.4, 0.5) is 23.5 Å². The van der Waals surface area contributed by atoms with Gasteiger partial charge in [-0.25, -0.2) is 9.18 Å². The lowest BCUT2D eigenvalue weighted by Crippen LogP contribution is -2.42. The summed E-state index contributed by atoms with van der Waals surface area (Å²) in [5.74, 6) is 0.469. The summed E-state index contributed by atoms with van der Waals surface area (Å²) in [5, 5.41) is 12.6. The second kappa shape index (κ2) is 14.1. The Morgan fingerprint density at radius 1 is 0.880 bits per heavy atom. The van der Waals surface area contributed by atoms with Gasteiger partial charge in [0.1, 0.15) is 11.4 Å². The topological polar surface area (TPSA) is 104 Å². The van der Waals surface area contributed by atoms with E-state index >= 15 is 0 Å². The number of aromatic nitrogens is 5. The Morgan fingerprint density at radius 2 is 1.52 bits per heavy atom. The number of esters is 1. The molecule has 0 radical (unpaired) electrons. The Labute approximate surface area is 289 Å². The molecule has 0 saturated carbocycles. The van der Waals surface area contributed by atoms with Crippen LogP contribution in [-0.4, -0.2) is 42.9 Å². The molecule has 2 aromatic heterocycles. The number of methoxy groups -OCH3 is 1. The number of nitrogens with zero attached hydrogens (tertiary/aromatic N) is 5. The largest absolute Gasteiger partial charge is 0.467 e. The molecule has 2 heterocycles. The predicted octanol–water partition coefficient (Wildman–Crippen LogP) is 6.90. The number of thioether (sulfide) groups is 1. The third-order valence-electron chi connectivity index (χ3n) is 8.57. The summed E-state index contributed by atoms with van der Waals surface area (Å²) in [6.45, 7) is 3.83. The van der Waals surface area contributed by atoms with Gasteiger partial charge in [-0.15, -0.1) is 10.2 Å². The van der Waals surface area contributed by atoms with Crippen LogP contribution in [0.2, 0.25) is 0 Å². The van der Waals surface area contributed by atoms with E-state index in [0.29, 0.717) is 46.7 Å². The molecule has 6 rings (SSSR count). The first-order valence-corrected chi connectivity index (χ1v) is 16.9. The van der Waals surface area contributed by atoms with E-state index in [-0.39, 0.29) is 24.5 Å². The van der Waals surface area contributed by atoms with Crippen molar-refractivity contribution in [3.05, 3.63) is 123 Å². The van der Waals surface area contributed by atoms with Gasteiger partial charge in [-0.2, -0.15) is 18.2 Å². The standard InChI is InChI=1S/C36H34F4N6O3S/c1-35(2,32(48)49-3)42-33-44-43-30(46(33)19-22-7-11-24(12-8-22)25-13-15-26(16-14-25)36(38,39)40)20-45-29-6-4-5-28(29)31(47)41-34(45)50-21-23-9-17-27(37)18-10-23/h7-18H,4-6,19-21H2,1-3H3,(H,42,44). The molecule has 1 N–H and O–H groups in total. The minimum Gasteiger partial charge on any atom is -0.467 e. The molecule has 0 saturated heterocycles. The molecular formula is C36H34F4N6O3S. The molecular weight excluding hydrogens is 672 g/mol. The first-order chi connectivity index (χ1) is 23.8. The summed E-state index contributed by atoms with van der Waals surface area (Å²) in [5.41, 5.74) is 2.53. The van der Waals surface area contributed by atoms with Crippen LogP contribution in [0.5, 0.6) is 0 Å². The molecule has 0 fully saturated rings. The van der Waals surface area contributed by atoms with Gasteiger partial charge < -0.3 is 14.6 Å². The number of nitrogens with one attached hydrogen (secondary N) is 1. The fraction of sp³-hybridized carbons (Fsp3) is 0.306. The minimum atomic E-state index is -4.42. The zero-order valence-electron chi connectivity index (χ0n) is 27.6. The molecule has 0 aliphatic heterocycles. The number of hydrogen-bond donors (Lipinski definition) is 1. The van der Waals surface area contributed by atoms with Crippen molar-refractivity contribution in [1.82, 2.24) is 24.3 Å². The number of benzene rings is 3. The van der Waals surface area contributed by atoms with Gasteiger partial charge in [0.25, 0.3) is 5.56 Å². The molecule has 0 bridgehead atoms. The first kappa shape index (κ1) is 34.9. The molecule has 0 spiro atoms. The van der Waals surface area contributed by atoms with Crippen LogP contribution in [0.15, 0.2) is 82.7 Å². The van der Waals surface area contributed by atoms with Crippen molar-refractivity contribution in [2.45, 2.75) is 68.8 Å². The van der Waals surface area contributed by atoms with Crippen molar-refractivity contribution in [2.24, 2.45) is 0 Å². The normalized spacial score (nSPS) is 12.9. The van der Waals surface area contributed by atoms with Crippen molar-refractivity contribution in [3.8, 4) is 11.1 Å². The number of hydrogen-bond acceptors (Lipinski definition) is 8. The maximum absolute atomic E-state index is 13.5. The highest BCUT2D eigenvalue weighted by molar-refractivity contribution is 7.98. The van der Waals surface area contributed by atoms with Gasteiger partial charge in [-0.05, 0) is 79.6 Å². The van der Waals surface area contributed by atoms with E-state index in [0.717, 1.165) is 40.9 Å². The third kappa shape index (κ3) is 7.59. The van der Waals surface area contributed by atoms with Crippen LogP contribution in [-0.2, 0) is 47.4 Å². The highest BCUT2D eigenvalue weighted by atomic mass is 32.2. The summed E-state index contributed by atoms with van der Waals surface area (Å²) in [6, 6.07) is 18.6. The number of fused-ring (bicyclic) bond motifs is 1. The first-order valence-electron chi connectivity index (χ1n) is 15.9. The molecule has 0 atom stereocenters. The number of anilines is 1. The molecule has 0 amide bonds. The van der Waals surface area contributed by atoms with E-state index in [1.54, 1.807) is 26.0 Å². The monoisotopic (exact) mass is 706 g/mol. The molecule has 1 aliphatic rings. The van der Waals surface area contributed by atoms with Gasteiger partial charge in [0, 0.05) is 17.0 Å². The van der Waals surface area contributed by atoms with Gasteiger partial charge in [0.15, 0.2) is 11.0 Å². The van der Waals surface area contributed by atoms with E-state index < -0.39 is 23.2 Å². The number of alkyl halides is 3. The lowest BCUT2D eigenvalue weighted by Gasteiger charge is -2.24. The summed E-state index contributed by atoms with van der Waals surface area (Å²) >= 11 is 1.37. The maximum atomic E-state index is 13.5.